The minimum Gasteiger partial charge on any atom is -0.376 e. The highest BCUT2D eigenvalue weighted by atomic mass is 16.5. The predicted octanol–water partition coefficient (Wildman–Crippen LogP) is 2.23. The highest BCUT2D eigenvalue weighted by Crippen LogP contribution is 2.30. The van der Waals surface area contributed by atoms with Gasteiger partial charge in [0.2, 0.25) is 5.91 Å². The van der Waals surface area contributed by atoms with Crippen LogP contribution in [0.25, 0.3) is 0 Å². The normalized spacial score (nSPS) is 21.7. The molecule has 21 heavy (non-hydrogen) atoms. The van der Waals surface area contributed by atoms with Crippen LogP contribution in [-0.2, 0) is 20.9 Å². The molecule has 1 unspecified atom stereocenters. The Hall–Kier alpha value is -1.39. The lowest BCUT2D eigenvalue weighted by molar-refractivity contribution is -0.136. The van der Waals surface area contributed by atoms with Crippen LogP contribution < -0.4 is 0 Å². The summed E-state index contributed by atoms with van der Waals surface area (Å²) >= 11 is 0. The van der Waals surface area contributed by atoms with E-state index in [2.05, 4.69) is 0 Å². The zero-order valence-electron chi connectivity index (χ0n) is 12.4. The summed E-state index contributed by atoms with van der Waals surface area (Å²) in [4.78, 5) is 13.9. The van der Waals surface area contributed by atoms with Crippen LogP contribution in [0.1, 0.15) is 24.8 Å². The van der Waals surface area contributed by atoms with E-state index in [4.69, 9.17) is 9.47 Å². The van der Waals surface area contributed by atoms with E-state index in [0.717, 1.165) is 37.6 Å². The van der Waals surface area contributed by atoms with E-state index < -0.39 is 0 Å². The van der Waals surface area contributed by atoms with Crippen LogP contribution in [-0.4, -0.2) is 43.2 Å². The summed E-state index contributed by atoms with van der Waals surface area (Å²) in [5.41, 5.74) is 1.09. The molecule has 3 rings (SSSR count). The molecule has 0 radical (unpaired) electrons. The molecule has 4 heteroatoms. The molecule has 4 nitrogen and oxygen atoms in total. The summed E-state index contributed by atoms with van der Waals surface area (Å²) in [6, 6.07) is 9.93. The molecule has 0 bridgehead atoms. The first-order chi connectivity index (χ1) is 10.3. The molecule has 0 spiro atoms. The quantitative estimate of drug-likeness (QED) is 0.772. The number of likely N-dealkylation sites (tertiary alicyclic amines) is 1. The molecule has 2 fully saturated rings. The van der Waals surface area contributed by atoms with Crippen LogP contribution in [0.15, 0.2) is 30.3 Å². The number of hydrogen-bond acceptors (Lipinski definition) is 3. The van der Waals surface area contributed by atoms with Gasteiger partial charge in [0, 0.05) is 19.7 Å². The highest BCUT2D eigenvalue weighted by molar-refractivity contribution is 5.77. The lowest BCUT2D eigenvalue weighted by Gasteiger charge is -2.16. The van der Waals surface area contributed by atoms with Crippen molar-refractivity contribution in [2.75, 3.05) is 26.3 Å². The van der Waals surface area contributed by atoms with Gasteiger partial charge in [0.25, 0.3) is 0 Å². The molecule has 0 aromatic heterocycles. The third-order valence-corrected chi connectivity index (χ3v) is 4.10. The topological polar surface area (TPSA) is 38.8 Å². The van der Waals surface area contributed by atoms with Gasteiger partial charge in [0.15, 0.2) is 0 Å². The Morgan fingerprint density at radius 1 is 1.19 bits per heavy atom. The largest absolute Gasteiger partial charge is 0.376 e. The van der Waals surface area contributed by atoms with Crippen molar-refractivity contribution in [1.29, 1.82) is 0 Å². The van der Waals surface area contributed by atoms with Gasteiger partial charge in [-0.3, -0.25) is 4.79 Å². The van der Waals surface area contributed by atoms with Crippen molar-refractivity contribution in [3.8, 4) is 0 Å². The van der Waals surface area contributed by atoms with E-state index in [-0.39, 0.29) is 18.6 Å². The molecule has 0 N–H and O–H groups in total. The van der Waals surface area contributed by atoms with Gasteiger partial charge in [-0.15, -0.1) is 0 Å². The molecular formula is C17H23NO3. The van der Waals surface area contributed by atoms with E-state index in [1.807, 2.05) is 35.2 Å². The van der Waals surface area contributed by atoms with E-state index in [1.54, 1.807) is 0 Å². The van der Waals surface area contributed by atoms with E-state index >= 15 is 0 Å². The number of carbonyl (C=O) groups is 1. The second-order valence-corrected chi connectivity index (χ2v) is 6.01. The Morgan fingerprint density at radius 2 is 2.00 bits per heavy atom. The van der Waals surface area contributed by atoms with Crippen LogP contribution in [0.2, 0.25) is 0 Å². The molecule has 1 aliphatic heterocycles. The van der Waals surface area contributed by atoms with Gasteiger partial charge in [-0.25, -0.2) is 0 Å². The molecule has 114 valence electrons. The zero-order chi connectivity index (χ0) is 14.5. The van der Waals surface area contributed by atoms with Gasteiger partial charge in [0.1, 0.15) is 6.61 Å². The van der Waals surface area contributed by atoms with Crippen LogP contribution in [0.4, 0.5) is 0 Å². The monoisotopic (exact) mass is 289 g/mol. The first-order valence-electron chi connectivity index (χ1n) is 7.82. The summed E-state index contributed by atoms with van der Waals surface area (Å²) in [7, 11) is 0. The molecular weight excluding hydrogens is 266 g/mol. The fraction of sp³-hybridized carbons (Fsp3) is 0.588. The fourth-order valence-electron chi connectivity index (χ4n) is 2.57. The summed E-state index contributed by atoms with van der Waals surface area (Å²) < 4.78 is 11.4. The van der Waals surface area contributed by atoms with Gasteiger partial charge < -0.3 is 14.4 Å². The number of amides is 1. The Balaban J connectivity index is 1.33. The number of carbonyl (C=O) groups excluding carboxylic acids is 1. The summed E-state index contributed by atoms with van der Waals surface area (Å²) in [6.07, 6.45) is 3.80. The zero-order valence-corrected chi connectivity index (χ0v) is 12.4. The molecule has 2 aliphatic rings. The second kappa shape index (κ2) is 7.05. The van der Waals surface area contributed by atoms with Crippen molar-refractivity contribution in [2.24, 2.45) is 5.92 Å². The van der Waals surface area contributed by atoms with Crippen LogP contribution in [0, 0.1) is 5.92 Å². The van der Waals surface area contributed by atoms with Gasteiger partial charge >= 0.3 is 0 Å². The molecule has 1 amide bonds. The van der Waals surface area contributed by atoms with Gasteiger partial charge in [0.05, 0.1) is 12.7 Å². The summed E-state index contributed by atoms with van der Waals surface area (Å²) in [5, 5.41) is 0. The van der Waals surface area contributed by atoms with Crippen molar-refractivity contribution in [3.63, 3.8) is 0 Å². The number of nitrogens with zero attached hydrogens (tertiary/aromatic N) is 1. The number of hydrogen-bond donors (Lipinski definition) is 0. The maximum Gasteiger partial charge on any atom is 0.248 e. The lowest BCUT2D eigenvalue weighted by atomic mass is 10.2. The maximum atomic E-state index is 12.1. The second-order valence-electron chi connectivity index (χ2n) is 6.01. The average molecular weight is 289 g/mol. The van der Waals surface area contributed by atoms with Gasteiger partial charge in [-0.1, -0.05) is 30.3 Å². The standard InChI is InChI=1S/C17H23NO3/c19-17(13-20-11-14-4-2-1-3-5-14)18-9-8-16(10-18)21-12-15-6-7-15/h1-5,15-16H,6-13H2. The number of benzene rings is 1. The first kappa shape index (κ1) is 14.5. The third-order valence-electron chi connectivity index (χ3n) is 4.10. The Labute approximate surface area is 126 Å². The number of ether oxygens (including phenoxy) is 2. The van der Waals surface area contributed by atoms with Crippen LogP contribution >= 0.6 is 0 Å². The first-order valence-corrected chi connectivity index (χ1v) is 7.82. The van der Waals surface area contributed by atoms with E-state index in [0.29, 0.717) is 6.61 Å². The Kier molecular flexibility index (Phi) is 4.88. The van der Waals surface area contributed by atoms with Gasteiger partial charge in [-0.2, -0.15) is 0 Å². The van der Waals surface area contributed by atoms with Crippen molar-refractivity contribution < 1.29 is 14.3 Å². The maximum absolute atomic E-state index is 12.1. The van der Waals surface area contributed by atoms with Crippen molar-refractivity contribution in [2.45, 2.75) is 32.0 Å². The third kappa shape index (κ3) is 4.55. The smallest absolute Gasteiger partial charge is 0.248 e. The van der Waals surface area contributed by atoms with E-state index in [1.165, 1.54) is 12.8 Å². The Morgan fingerprint density at radius 3 is 2.76 bits per heavy atom. The number of rotatable bonds is 7. The molecule has 1 aromatic carbocycles. The Bertz CT molecular complexity index is 458. The minimum absolute atomic E-state index is 0.0726. The molecule has 1 saturated carbocycles. The van der Waals surface area contributed by atoms with Gasteiger partial charge in [-0.05, 0) is 30.7 Å². The molecule has 1 aromatic rings. The summed E-state index contributed by atoms with van der Waals surface area (Å²) in [5.74, 6) is 0.854. The van der Waals surface area contributed by atoms with E-state index in [9.17, 15) is 4.79 Å². The molecule has 1 saturated heterocycles. The molecule has 1 heterocycles. The van der Waals surface area contributed by atoms with Crippen LogP contribution in [0.3, 0.4) is 0 Å². The summed E-state index contributed by atoms with van der Waals surface area (Å²) in [6.45, 7) is 3.03. The predicted molar refractivity (Wildman–Crippen MR) is 79.8 cm³/mol. The molecule has 1 aliphatic carbocycles. The lowest BCUT2D eigenvalue weighted by Crippen LogP contribution is -2.33. The van der Waals surface area contributed by atoms with Crippen LogP contribution in [0.5, 0.6) is 0 Å². The van der Waals surface area contributed by atoms with Crippen molar-refractivity contribution >= 4 is 5.91 Å². The van der Waals surface area contributed by atoms with Crippen molar-refractivity contribution in [3.05, 3.63) is 35.9 Å². The average Bonchev–Trinajstić information content (AvgIpc) is 3.22. The fourth-order valence-corrected chi connectivity index (χ4v) is 2.57. The molecule has 1 atom stereocenters. The SMILES string of the molecule is O=C(COCc1ccccc1)N1CCC(OCC2CC2)C1. The minimum atomic E-state index is 0.0726. The van der Waals surface area contributed by atoms with Crippen molar-refractivity contribution in [1.82, 2.24) is 4.90 Å². The highest BCUT2D eigenvalue weighted by Gasteiger charge is 2.29.